The second kappa shape index (κ2) is 9.86. The van der Waals surface area contributed by atoms with Gasteiger partial charge in [0.05, 0.1) is 24.8 Å². The molecular formula is C23H24N4O4S. The summed E-state index contributed by atoms with van der Waals surface area (Å²) in [5.74, 6) is 1.33. The van der Waals surface area contributed by atoms with Crippen LogP contribution in [0, 0.1) is 0 Å². The summed E-state index contributed by atoms with van der Waals surface area (Å²) >= 11 is 1.20. The second-order valence-corrected chi connectivity index (χ2v) is 8.29. The Bertz CT molecular complexity index is 1160. The Kier molecular flexibility index (Phi) is 6.75. The molecule has 0 saturated carbocycles. The zero-order valence-corrected chi connectivity index (χ0v) is 18.7. The molecule has 1 amide bonds. The van der Waals surface area contributed by atoms with Crippen LogP contribution in [0.25, 0.3) is 0 Å². The lowest BCUT2D eigenvalue weighted by Crippen LogP contribution is -2.28. The molecule has 1 aliphatic rings. The highest BCUT2D eigenvalue weighted by Crippen LogP contribution is 2.34. The minimum atomic E-state index is -0.325. The number of H-pyrrole nitrogens is 1. The van der Waals surface area contributed by atoms with Gasteiger partial charge in [-0.15, -0.1) is 0 Å². The maximum Gasteiger partial charge on any atom is 0.253 e. The van der Waals surface area contributed by atoms with Gasteiger partial charge < -0.3 is 14.1 Å². The Morgan fingerprint density at radius 1 is 1.31 bits per heavy atom. The van der Waals surface area contributed by atoms with Gasteiger partial charge in [0.2, 0.25) is 0 Å². The van der Waals surface area contributed by atoms with Crippen LogP contribution in [-0.4, -0.2) is 39.5 Å². The van der Waals surface area contributed by atoms with Gasteiger partial charge in [-0.1, -0.05) is 25.1 Å². The van der Waals surface area contributed by atoms with E-state index in [4.69, 9.17) is 9.15 Å². The van der Waals surface area contributed by atoms with Crippen molar-refractivity contribution >= 4 is 23.4 Å². The number of aromatic nitrogens is 2. The summed E-state index contributed by atoms with van der Waals surface area (Å²) in [4.78, 5) is 32.1. The first kappa shape index (κ1) is 21.9. The Morgan fingerprint density at radius 3 is 2.81 bits per heavy atom. The zero-order valence-electron chi connectivity index (χ0n) is 17.9. The van der Waals surface area contributed by atoms with Crippen molar-refractivity contribution in [3.8, 4) is 5.75 Å². The number of aromatic amines is 1. The minimum absolute atomic E-state index is 0.0924. The molecule has 3 heterocycles. The van der Waals surface area contributed by atoms with E-state index in [2.05, 4.69) is 15.1 Å². The van der Waals surface area contributed by atoms with Crippen LogP contribution in [0.2, 0.25) is 0 Å². The van der Waals surface area contributed by atoms with E-state index < -0.39 is 0 Å². The molecule has 166 valence electrons. The average Bonchev–Trinajstić information content (AvgIpc) is 3.47. The normalized spacial score (nSPS) is 15.6. The van der Waals surface area contributed by atoms with Crippen LogP contribution in [0.15, 0.2) is 68.2 Å². The molecule has 0 spiro atoms. The number of ether oxygens (including phenoxy) is 1. The number of methoxy groups -OCH3 is 1. The summed E-state index contributed by atoms with van der Waals surface area (Å²) in [5.41, 5.74) is 2.22. The highest BCUT2D eigenvalue weighted by molar-refractivity contribution is 7.99. The van der Waals surface area contributed by atoms with E-state index in [1.807, 2.05) is 37.3 Å². The molecule has 1 aromatic carbocycles. The van der Waals surface area contributed by atoms with Crippen LogP contribution in [0.1, 0.15) is 42.8 Å². The molecule has 1 atom stereocenters. The van der Waals surface area contributed by atoms with E-state index in [0.717, 1.165) is 29.1 Å². The number of hydrogen-bond acceptors (Lipinski definition) is 7. The first-order valence-electron chi connectivity index (χ1n) is 10.4. The smallest absolute Gasteiger partial charge is 0.253 e. The number of rotatable bonds is 8. The third kappa shape index (κ3) is 4.94. The fraction of sp³-hybridized carbons (Fsp3) is 0.304. The molecule has 1 unspecified atom stereocenters. The predicted molar refractivity (Wildman–Crippen MR) is 122 cm³/mol. The van der Waals surface area contributed by atoms with Gasteiger partial charge in [-0.05, 0) is 48.4 Å². The van der Waals surface area contributed by atoms with Crippen LogP contribution in [0.4, 0.5) is 0 Å². The van der Waals surface area contributed by atoms with Crippen molar-refractivity contribution in [3.63, 3.8) is 0 Å². The molecule has 9 heteroatoms. The lowest BCUT2D eigenvalue weighted by atomic mass is 10.0. The Balaban J connectivity index is 1.53. The number of nitrogens with one attached hydrogen (secondary N) is 1. The predicted octanol–water partition coefficient (Wildman–Crippen LogP) is 3.79. The summed E-state index contributed by atoms with van der Waals surface area (Å²) in [6.07, 6.45) is 3.73. The summed E-state index contributed by atoms with van der Waals surface area (Å²) in [7, 11) is 1.62. The summed E-state index contributed by atoms with van der Waals surface area (Å²) in [5, 5.41) is 6.53. The number of carbonyl (C=O) groups is 1. The van der Waals surface area contributed by atoms with Crippen molar-refractivity contribution in [2.45, 2.75) is 37.4 Å². The SMILES string of the molecule is CCCc1cc(=O)[nH]c(SCC(=O)N2N=C(c3ccc(OC)cc3)CC2c2ccco2)n1. The molecule has 2 aromatic heterocycles. The topological polar surface area (TPSA) is 101 Å². The van der Waals surface area contributed by atoms with Gasteiger partial charge in [-0.2, -0.15) is 5.10 Å². The first-order valence-corrected chi connectivity index (χ1v) is 11.4. The number of hydrazone groups is 1. The van der Waals surface area contributed by atoms with Gasteiger partial charge in [-0.25, -0.2) is 9.99 Å². The summed E-state index contributed by atoms with van der Waals surface area (Å²) in [6, 6.07) is 12.4. The third-order valence-corrected chi connectivity index (χ3v) is 5.93. The molecule has 0 fully saturated rings. The van der Waals surface area contributed by atoms with E-state index in [-0.39, 0.29) is 23.3 Å². The summed E-state index contributed by atoms with van der Waals surface area (Å²) in [6.45, 7) is 2.03. The molecule has 0 radical (unpaired) electrons. The number of nitrogens with zero attached hydrogens (tertiary/aromatic N) is 3. The van der Waals surface area contributed by atoms with E-state index >= 15 is 0 Å². The Morgan fingerprint density at radius 2 is 2.12 bits per heavy atom. The number of furan rings is 1. The molecule has 1 aliphatic heterocycles. The number of aryl methyl sites for hydroxylation is 1. The monoisotopic (exact) mass is 452 g/mol. The molecule has 3 aromatic rings. The van der Waals surface area contributed by atoms with Gasteiger partial charge in [0.1, 0.15) is 17.6 Å². The standard InChI is InChI=1S/C23H24N4O4S/c1-3-5-16-12-21(28)25-23(24-16)32-14-22(29)27-19(20-6-4-11-31-20)13-18(26-27)15-7-9-17(30-2)10-8-15/h4,6-12,19H,3,5,13-14H2,1-2H3,(H,24,25,28). The van der Waals surface area contributed by atoms with E-state index in [1.165, 1.54) is 22.8 Å². The van der Waals surface area contributed by atoms with Crippen LogP contribution in [0.3, 0.4) is 0 Å². The maximum atomic E-state index is 13.1. The fourth-order valence-electron chi connectivity index (χ4n) is 3.53. The molecule has 8 nitrogen and oxygen atoms in total. The van der Waals surface area contributed by atoms with Crippen LogP contribution in [0.5, 0.6) is 5.75 Å². The second-order valence-electron chi connectivity index (χ2n) is 7.33. The zero-order chi connectivity index (χ0) is 22.5. The highest BCUT2D eigenvalue weighted by atomic mass is 32.2. The van der Waals surface area contributed by atoms with Gasteiger partial charge in [0, 0.05) is 18.2 Å². The van der Waals surface area contributed by atoms with E-state index in [9.17, 15) is 9.59 Å². The van der Waals surface area contributed by atoms with Crippen LogP contribution >= 0.6 is 11.8 Å². The van der Waals surface area contributed by atoms with Crippen molar-refractivity contribution in [2.24, 2.45) is 5.10 Å². The van der Waals surface area contributed by atoms with Crippen molar-refractivity contribution in [1.29, 1.82) is 0 Å². The van der Waals surface area contributed by atoms with E-state index in [0.29, 0.717) is 23.8 Å². The van der Waals surface area contributed by atoms with Crippen LogP contribution < -0.4 is 10.3 Å². The van der Waals surface area contributed by atoms with Crippen molar-refractivity contribution in [2.75, 3.05) is 12.9 Å². The number of carbonyl (C=O) groups excluding carboxylic acids is 1. The lowest BCUT2D eigenvalue weighted by Gasteiger charge is -2.19. The van der Waals surface area contributed by atoms with Gasteiger partial charge in [0.25, 0.3) is 11.5 Å². The largest absolute Gasteiger partial charge is 0.497 e. The lowest BCUT2D eigenvalue weighted by molar-refractivity contribution is -0.130. The first-order chi connectivity index (χ1) is 15.6. The molecular weight excluding hydrogens is 428 g/mol. The molecule has 4 rings (SSSR count). The number of thioether (sulfide) groups is 1. The summed E-state index contributed by atoms with van der Waals surface area (Å²) < 4.78 is 10.8. The van der Waals surface area contributed by atoms with Crippen molar-refractivity contribution in [1.82, 2.24) is 15.0 Å². The van der Waals surface area contributed by atoms with Gasteiger partial charge in [-0.3, -0.25) is 9.59 Å². The maximum absolute atomic E-state index is 13.1. The Labute approximate surface area is 189 Å². The van der Waals surface area contributed by atoms with Crippen molar-refractivity contribution < 1.29 is 13.9 Å². The molecule has 0 aliphatic carbocycles. The number of hydrogen-bond donors (Lipinski definition) is 1. The third-order valence-electron chi connectivity index (χ3n) is 5.07. The molecule has 0 saturated heterocycles. The van der Waals surface area contributed by atoms with Gasteiger partial charge in [0.15, 0.2) is 5.16 Å². The molecule has 0 bridgehead atoms. The minimum Gasteiger partial charge on any atom is -0.497 e. The van der Waals surface area contributed by atoms with Crippen LogP contribution in [-0.2, 0) is 11.2 Å². The fourth-order valence-corrected chi connectivity index (χ4v) is 4.28. The highest BCUT2D eigenvalue weighted by Gasteiger charge is 2.34. The Hall–Kier alpha value is -3.33. The molecule has 1 N–H and O–H groups in total. The quantitative estimate of drug-likeness (QED) is 0.412. The average molecular weight is 453 g/mol. The van der Waals surface area contributed by atoms with Crippen molar-refractivity contribution in [3.05, 3.63) is 76.1 Å². The van der Waals surface area contributed by atoms with E-state index in [1.54, 1.807) is 19.4 Å². The number of benzene rings is 1. The number of amides is 1. The van der Waals surface area contributed by atoms with Gasteiger partial charge >= 0.3 is 0 Å². The molecule has 32 heavy (non-hydrogen) atoms.